The molecule has 2 N–H and O–H groups in total. The zero-order valence-corrected chi connectivity index (χ0v) is 27.1. The van der Waals surface area contributed by atoms with E-state index in [1.807, 2.05) is 11.9 Å². The standard InChI is InChI=1S/C35H54N2O4/c1-21(37(8)31(39)22-11-13-26(40-9)27(19-22)41-10)30-25(38)20-35(6)24-12-14-28-32(2,3)29(36-7)16-17-33(28,4)23(24)15-18-34(30,35)5/h11,13,15,19,21,24-25,28-30,36,38H,12,14,16-18,20H2,1-10H3. The van der Waals surface area contributed by atoms with Gasteiger partial charge in [0.05, 0.1) is 20.3 Å². The minimum Gasteiger partial charge on any atom is -0.493 e. The fourth-order valence-electron chi connectivity index (χ4n) is 10.8. The highest BCUT2D eigenvalue weighted by atomic mass is 16.5. The smallest absolute Gasteiger partial charge is 0.253 e. The van der Waals surface area contributed by atoms with Crippen LogP contribution in [0.15, 0.2) is 29.8 Å². The van der Waals surface area contributed by atoms with E-state index in [4.69, 9.17) is 9.47 Å². The molecule has 9 unspecified atom stereocenters. The van der Waals surface area contributed by atoms with Crippen LogP contribution in [0.4, 0.5) is 0 Å². The van der Waals surface area contributed by atoms with E-state index in [1.54, 1.807) is 38.0 Å². The Morgan fingerprint density at radius 3 is 2.37 bits per heavy atom. The fourth-order valence-corrected chi connectivity index (χ4v) is 10.8. The van der Waals surface area contributed by atoms with Crippen molar-refractivity contribution < 1.29 is 19.4 Å². The lowest BCUT2D eigenvalue weighted by Gasteiger charge is -2.64. The van der Waals surface area contributed by atoms with Crippen LogP contribution >= 0.6 is 0 Å². The SMILES string of the molecule is CNC1CCC2(C)C3=CCC4(C)C(C(C)N(C)C(=O)c5ccc(OC)c(OC)c5)C(O)CC4(C)C3CCC2C1(C)C. The number of carbonyl (C=O) groups is 1. The summed E-state index contributed by atoms with van der Waals surface area (Å²) in [5, 5.41) is 15.4. The lowest BCUT2D eigenvalue weighted by molar-refractivity contribution is -0.0808. The van der Waals surface area contributed by atoms with Gasteiger partial charge in [-0.3, -0.25) is 4.79 Å². The van der Waals surface area contributed by atoms with Crippen molar-refractivity contribution in [1.29, 1.82) is 0 Å². The maximum Gasteiger partial charge on any atom is 0.253 e. The van der Waals surface area contributed by atoms with Crippen LogP contribution in [0.3, 0.4) is 0 Å². The summed E-state index contributed by atoms with van der Waals surface area (Å²) in [5.41, 5.74) is 2.57. The summed E-state index contributed by atoms with van der Waals surface area (Å²) in [4.78, 5) is 15.6. The predicted molar refractivity (Wildman–Crippen MR) is 164 cm³/mol. The molecule has 0 heterocycles. The molecule has 0 spiro atoms. The van der Waals surface area contributed by atoms with Crippen LogP contribution in [0.1, 0.15) is 90.4 Å². The largest absolute Gasteiger partial charge is 0.493 e. The number of aliphatic hydroxyl groups excluding tert-OH is 1. The number of carbonyl (C=O) groups excluding carboxylic acids is 1. The van der Waals surface area contributed by atoms with Crippen molar-refractivity contribution in [2.24, 2.45) is 39.4 Å². The first-order valence-corrected chi connectivity index (χ1v) is 15.8. The van der Waals surface area contributed by atoms with Gasteiger partial charge in [-0.05, 0) is 104 Å². The first kappa shape index (κ1) is 30.4. The third-order valence-electron chi connectivity index (χ3n) is 13.3. The maximum absolute atomic E-state index is 13.7. The van der Waals surface area contributed by atoms with Crippen molar-refractivity contribution in [3.63, 3.8) is 0 Å². The second-order valence-electron chi connectivity index (χ2n) is 15.0. The van der Waals surface area contributed by atoms with Gasteiger partial charge in [0.2, 0.25) is 0 Å². The molecule has 41 heavy (non-hydrogen) atoms. The Hall–Kier alpha value is -2.05. The van der Waals surface area contributed by atoms with Gasteiger partial charge in [-0.1, -0.05) is 46.3 Å². The molecule has 9 atom stereocenters. The van der Waals surface area contributed by atoms with Gasteiger partial charge in [0, 0.05) is 30.6 Å². The van der Waals surface area contributed by atoms with Crippen LogP contribution in [0.25, 0.3) is 0 Å². The monoisotopic (exact) mass is 566 g/mol. The van der Waals surface area contributed by atoms with Crippen LogP contribution in [-0.2, 0) is 0 Å². The molecule has 0 aromatic heterocycles. The summed E-state index contributed by atoms with van der Waals surface area (Å²) in [5.74, 6) is 2.20. The molecular weight excluding hydrogens is 512 g/mol. The first-order valence-electron chi connectivity index (χ1n) is 15.8. The van der Waals surface area contributed by atoms with E-state index in [0.29, 0.717) is 34.9 Å². The van der Waals surface area contributed by atoms with E-state index in [9.17, 15) is 9.90 Å². The minimum atomic E-state index is -0.449. The molecule has 0 radical (unpaired) electrons. The third kappa shape index (κ3) is 4.21. The predicted octanol–water partition coefficient (Wildman–Crippen LogP) is 6.33. The molecule has 1 aromatic rings. The second-order valence-corrected chi connectivity index (χ2v) is 15.0. The number of amides is 1. The molecule has 1 amide bonds. The number of methoxy groups -OCH3 is 2. The number of ether oxygens (including phenoxy) is 2. The summed E-state index contributed by atoms with van der Waals surface area (Å²) >= 11 is 0. The zero-order valence-electron chi connectivity index (χ0n) is 27.1. The fraction of sp³-hybridized carbons (Fsp3) is 0.743. The maximum atomic E-state index is 13.7. The number of rotatable bonds is 6. The summed E-state index contributed by atoms with van der Waals surface area (Å²) in [7, 11) is 7.19. The van der Waals surface area contributed by atoms with Crippen molar-refractivity contribution in [1.82, 2.24) is 10.2 Å². The molecular formula is C35H54N2O4. The van der Waals surface area contributed by atoms with Gasteiger partial charge in [-0.2, -0.15) is 0 Å². The van der Waals surface area contributed by atoms with Crippen molar-refractivity contribution in [2.75, 3.05) is 28.3 Å². The summed E-state index contributed by atoms with van der Waals surface area (Å²) in [6, 6.07) is 5.76. The normalized spacial score (nSPS) is 40.0. The van der Waals surface area contributed by atoms with Gasteiger partial charge in [0.1, 0.15) is 0 Å². The molecule has 4 aliphatic rings. The van der Waals surface area contributed by atoms with Crippen molar-refractivity contribution in [2.45, 2.75) is 98.3 Å². The number of fused-ring (bicyclic) bond motifs is 5. The van der Waals surface area contributed by atoms with Gasteiger partial charge >= 0.3 is 0 Å². The van der Waals surface area contributed by atoms with E-state index >= 15 is 0 Å². The van der Waals surface area contributed by atoms with Crippen LogP contribution in [0.2, 0.25) is 0 Å². The number of aliphatic hydroxyl groups is 1. The molecule has 1 aromatic carbocycles. The molecule has 3 fully saturated rings. The highest BCUT2D eigenvalue weighted by Crippen LogP contribution is 2.72. The van der Waals surface area contributed by atoms with Crippen LogP contribution in [0, 0.1) is 39.4 Å². The van der Waals surface area contributed by atoms with E-state index in [1.165, 1.54) is 25.7 Å². The third-order valence-corrected chi connectivity index (χ3v) is 13.3. The quantitative estimate of drug-likeness (QED) is 0.394. The Balaban J connectivity index is 1.45. The molecule has 6 heteroatoms. The molecule has 0 aliphatic heterocycles. The van der Waals surface area contributed by atoms with Gasteiger partial charge in [0.15, 0.2) is 11.5 Å². The Kier molecular flexibility index (Phi) is 7.63. The zero-order chi connectivity index (χ0) is 30.1. The average molecular weight is 567 g/mol. The summed E-state index contributed by atoms with van der Waals surface area (Å²) in [6.07, 6.45) is 8.76. The number of nitrogens with one attached hydrogen (secondary N) is 1. The summed E-state index contributed by atoms with van der Waals surface area (Å²) in [6.45, 7) is 14.5. The van der Waals surface area contributed by atoms with Crippen molar-refractivity contribution in [3.8, 4) is 11.5 Å². The van der Waals surface area contributed by atoms with Gasteiger partial charge in [-0.15, -0.1) is 0 Å². The highest BCUT2D eigenvalue weighted by molar-refractivity contribution is 5.95. The van der Waals surface area contributed by atoms with E-state index in [-0.39, 0.29) is 39.5 Å². The number of benzene rings is 1. The molecule has 3 saturated carbocycles. The Bertz CT molecular complexity index is 1210. The number of allylic oxidation sites excluding steroid dienone is 2. The van der Waals surface area contributed by atoms with Gasteiger partial charge < -0.3 is 24.8 Å². The molecule has 228 valence electrons. The topological polar surface area (TPSA) is 71.0 Å². The highest BCUT2D eigenvalue weighted by Gasteiger charge is 2.67. The first-order chi connectivity index (χ1) is 19.2. The minimum absolute atomic E-state index is 0.0126. The Morgan fingerprint density at radius 2 is 1.73 bits per heavy atom. The molecule has 6 nitrogen and oxygen atoms in total. The lowest BCUT2D eigenvalue weighted by atomic mass is 9.41. The average Bonchev–Trinajstić information content (AvgIpc) is 3.15. The van der Waals surface area contributed by atoms with Crippen molar-refractivity contribution >= 4 is 5.91 Å². The molecule has 0 bridgehead atoms. The lowest BCUT2D eigenvalue weighted by Crippen LogP contribution is -2.60. The molecule has 5 rings (SSSR count). The Morgan fingerprint density at radius 1 is 1.05 bits per heavy atom. The number of nitrogens with zero attached hydrogens (tertiary/aromatic N) is 1. The Labute approximate surface area is 248 Å². The molecule has 0 saturated heterocycles. The van der Waals surface area contributed by atoms with E-state index in [2.05, 4.69) is 60.0 Å². The summed E-state index contributed by atoms with van der Waals surface area (Å²) < 4.78 is 10.8. The number of hydrogen-bond acceptors (Lipinski definition) is 5. The van der Waals surface area contributed by atoms with Crippen LogP contribution < -0.4 is 14.8 Å². The van der Waals surface area contributed by atoms with E-state index in [0.717, 1.165) is 12.8 Å². The van der Waals surface area contributed by atoms with E-state index < -0.39 is 6.10 Å². The second kappa shape index (κ2) is 10.3. The van der Waals surface area contributed by atoms with Crippen LogP contribution in [0.5, 0.6) is 11.5 Å². The number of hydrogen-bond donors (Lipinski definition) is 2. The van der Waals surface area contributed by atoms with Gasteiger partial charge in [-0.25, -0.2) is 0 Å². The van der Waals surface area contributed by atoms with Crippen LogP contribution in [-0.4, -0.2) is 62.4 Å². The van der Waals surface area contributed by atoms with Gasteiger partial charge in [0.25, 0.3) is 5.91 Å². The molecule has 4 aliphatic carbocycles. The van der Waals surface area contributed by atoms with Crippen molar-refractivity contribution in [3.05, 3.63) is 35.4 Å².